The molecule has 18 heavy (non-hydrogen) atoms. The molecule has 94 valence electrons. The van der Waals surface area contributed by atoms with Crippen LogP contribution in [0.3, 0.4) is 0 Å². The van der Waals surface area contributed by atoms with Crippen LogP contribution in [0.4, 0.5) is 0 Å². The number of imide groups is 1. The molecule has 1 heterocycles. The number of hydrogen-bond acceptors (Lipinski definition) is 3. The minimum Gasteiger partial charge on any atom is -0.330 e. The van der Waals surface area contributed by atoms with Gasteiger partial charge in [0.05, 0.1) is 18.4 Å². The Morgan fingerprint density at radius 3 is 2.44 bits per heavy atom. The van der Waals surface area contributed by atoms with Crippen molar-refractivity contribution in [3.63, 3.8) is 0 Å². The third-order valence-electron chi connectivity index (χ3n) is 3.97. The van der Waals surface area contributed by atoms with E-state index in [0.717, 1.165) is 11.1 Å². The van der Waals surface area contributed by atoms with Crippen molar-refractivity contribution in [3.05, 3.63) is 35.4 Å². The van der Waals surface area contributed by atoms with Gasteiger partial charge in [0.1, 0.15) is 0 Å². The van der Waals surface area contributed by atoms with E-state index >= 15 is 0 Å². The predicted molar refractivity (Wildman–Crippen MR) is 66.3 cm³/mol. The highest BCUT2D eigenvalue weighted by atomic mass is 16.2. The van der Waals surface area contributed by atoms with Crippen LogP contribution in [0.1, 0.15) is 11.1 Å². The summed E-state index contributed by atoms with van der Waals surface area (Å²) in [4.78, 5) is 25.5. The fourth-order valence-corrected chi connectivity index (χ4v) is 2.96. The molecule has 0 spiro atoms. The van der Waals surface area contributed by atoms with Gasteiger partial charge in [0, 0.05) is 0 Å². The second-order valence-electron chi connectivity index (χ2n) is 5.20. The molecule has 2 unspecified atom stereocenters. The van der Waals surface area contributed by atoms with Crippen molar-refractivity contribution in [1.82, 2.24) is 4.90 Å². The fourth-order valence-electron chi connectivity index (χ4n) is 2.96. The van der Waals surface area contributed by atoms with Gasteiger partial charge in [-0.2, -0.15) is 0 Å². The van der Waals surface area contributed by atoms with Crippen LogP contribution in [0, 0.1) is 24.7 Å². The maximum Gasteiger partial charge on any atom is 0.233 e. The Hall–Kier alpha value is -1.68. The van der Waals surface area contributed by atoms with Gasteiger partial charge in [-0.25, -0.2) is 0 Å². The van der Waals surface area contributed by atoms with Gasteiger partial charge in [0.2, 0.25) is 11.8 Å². The molecular weight excluding hydrogens is 228 g/mol. The minimum absolute atomic E-state index is 0.0399. The number of piperidine rings is 1. The Kier molecular flexibility index (Phi) is 2.48. The zero-order valence-electron chi connectivity index (χ0n) is 10.3. The molecule has 1 saturated carbocycles. The number of benzene rings is 1. The van der Waals surface area contributed by atoms with Gasteiger partial charge in [0.15, 0.2) is 0 Å². The maximum atomic E-state index is 12.1. The van der Waals surface area contributed by atoms with Crippen LogP contribution >= 0.6 is 0 Å². The van der Waals surface area contributed by atoms with Crippen molar-refractivity contribution >= 4 is 11.8 Å². The van der Waals surface area contributed by atoms with E-state index in [1.165, 1.54) is 4.90 Å². The molecule has 2 N–H and O–H groups in total. The maximum absolute atomic E-state index is 12.1. The highest BCUT2D eigenvalue weighted by Crippen LogP contribution is 2.52. The molecule has 1 aromatic carbocycles. The first-order chi connectivity index (χ1) is 8.63. The lowest BCUT2D eigenvalue weighted by molar-refractivity contribution is -0.142. The molecule has 1 saturated heterocycles. The molecule has 4 nitrogen and oxygen atoms in total. The molecule has 2 amide bonds. The number of aryl methyl sites for hydroxylation is 1. The highest BCUT2D eigenvalue weighted by Gasteiger charge is 2.66. The van der Waals surface area contributed by atoms with E-state index in [9.17, 15) is 9.59 Å². The van der Waals surface area contributed by atoms with Crippen molar-refractivity contribution in [2.75, 3.05) is 6.54 Å². The van der Waals surface area contributed by atoms with Crippen LogP contribution in [0.25, 0.3) is 0 Å². The largest absolute Gasteiger partial charge is 0.330 e. The van der Waals surface area contributed by atoms with Gasteiger partial charge in [-0.15, -0.1) is 0 Å². The minimum atomic E-state index is -0.132. The summed E-state index contributed by atoms with van der Waals surface area (Å²) in [6, 6.07) is 7.89. The lowest BCUT2D eigenvalue weighted by atomic mass is 10.1. The van der Waals surface area contributed by atoms with Crippen molar-refractivity contribution in [3.8, 4) is 0 Å². The van der Waals surface area contributed by atoms with Crippen LogP contribution in [0.2, 0.25) is 0 Å². The summed E-state index contributed by atoms with van der Waals surface area (Å²) < 4.78 is 0. The summed E-state index contributed by atoms with van der Waals surface area (Å²) >= 11 is 0. The van der Waals surface area contributed by atoms with E-state index < -0.39 is 0 Å². The zero-order chi connectivity index (χ0) is 12.9. The van der Waals surface area contributed by atoms with Crippen LogP contribution in [-0.4, -0.2) is 23.3 Å². The smallest absolute Gasteiger partial charge is 0.233 e. The number of likely N-dealkylation sites (tertiary alicyclic amines) is 1. The number of rotatable bonds is 3. The summed E-state index contributed by atoms with van der Waals surface area (Å²) in [5.41, 5.74) is 7.68. The Morgan fingerprint density at radius 1 is 1.22 bits per heavy atom. The number of nitrogens with two attached hydrogens (primary N) is 1. The third-order valence-corrected chi connectivity index (χ3v) is 3.97. The van der Waals surface area contributed by atoms with Gasteiger partial charge in [0.25, 0.3) is 0 Å². The lowest BCUT2D eigenvalue weighted by Gasteiger charge is -2.18. The van der Waals surface area contributed by atoms with Crippen molar-refractivity contribution < 1.29 is 9.59 Å². The molecule has 0 bridgehead atoms. The standard InChI is InChI=1S/C14H16N2O2/c1-8-3-2-4-9(5-8)7-16-13(17)11-10(6-15)12(11)14(16)18/h2-5,10-12H,6-7,15H2,1H3. The van der Waals surface area contributed by atoms with Crippen LogP contribution < -0.4 is 5.73 Å². The Morgan fingerprint density at radius 2 is 1.89 bits per heavy atom. The first kappa shape index (κ1) is 11.4. The fraction of sp³-hybridized carbons (Fsp3) is 0.429. The van der Waals surface area contributed by atoms with E-state index in [2.05, 4.69) is 0 Å². The van der Waals surface area contributed by atoms with E-state index in [-0.39, 0.29) is 29.6 Å². The van der Waals surface area contributed by atoms with Gasteiger partial charge in [-0.1, -0.05) is 29.8 Å². The molecule has 4 heteroatoms. The molecule has 1 aliphatic heterocycles. The molecule has 1 aromatic rings. The Labute approximate surface area is 106 Å². The normalized spacial score (nSPS) is 29.7. The second kappa shape index (κ2) is 3.92. The topological polar surface area (TPSA) is 63.4 Å². The summed E-state index contributed by atoms with van der Waals surface area (Å²) in [7, 11) is 0. The SMILES string of the molecule is Cc1cccc(CN2C(=O)C3C(CN)C3C2=O)c1. The number of carbonyl (C=O) groups is 2. The molecule has 2 fully saturated rings. The van der Waals surface area contributed by atoms with Crippen LogP contribution in [-0.2, 0) is 16.1 Å². The van der Waals surface area contributed by atoms with E-state index in [1.807, 2.05) is 31.2 Å². The average molecular weight is 244 g/mol. The lowest BCUT2D eigenvalue weighted by Crippen LogP contribution is -2.35. The zero-order valence-corrected chi connectivity index (χ0v) is 10.3. The summed E-state index contributed by atoms with van der Waals surface area (Å²) in [6.07, 6.45) is 0. The molecule has 0 radical (unpaired) electrons. The number of fused-ring (bicyclic) bond motifs is 1. The summed E-state index contributed by atoms with van der Waals surface area (Å²) in [6.45, 7) is 2.83. The number of hydrogen-bond donors (Lipinski definition) is 1. The van der Waals surface area contributed by atoms with Crippen LogP contribution in [0.15, 0.2) is 24.3 Å². The van der Waals surface area contributed by atoms with Crippen molar-refractivity contribution in [2.45, 2.75) is 13.5 Å². The van der Waals surface area contributed by atoms with E-state index in [0.29, 0.717) is 13.1 Å². The second-order valence-corrected chi connectivity index (χ2v) is 5.20. The number of carbonyl (C=O) groups excluding carboxylic acids is 2. The number of nitrogens with zero attached hydrogens (tertiary/aromatic N) is 1. The Bertz CT molecular complexity index is 504. The molecule has 1 aliphatic carbocycles. The van der Waals surface area contributed by atoms with E-state index in [4.69, 9.17) is 5.73 Å². The Balaban J connectivity index is 1.76. The molecule has 3 rings (SSSR count). The average Bonchev–Trinajstić information content (AvgIpc) is 3.03. The summed E-state index contributed by atoms with van der Waals surface area (Å²) in [5.74, 6) is -0.248. The van der Waals surface area contributed by atoms with E-state index in [1.54, 1.807) is 0 Å². The predicted octanol–water partition coefficient (Wildman–Crippen LogP) is 0.685. The van der Waals surface area contributed by atoms with Gasteiger partial charge < -0.3 is 5.73 Å². The molecule has 0 aromatic heterocycles. The monoisotopic (exact) mass is 244 g/mol. The molecule has 2 atom stereocenters. The molecule has 2 aliphatic rings. The first-order valence-electron chi connectivity index (χ1n) is 6.24. The van der Waals surface area contributed by atoms with Crippen molar-refractivity contribution in [2.24, 2.45) is 23.5 Å². The highest BCUT2D eigenvalue weighted by molar-refractivity contribution is 6.09. The number of amides is 2. The molecular formula is C14H16N2O2. The van der Waals surface area contributed by atoms with Gasteiger partial charge >= 0.3 is 0 Å². The summed E-state index contributed by atoms with van der Waals surface area (Å²) in [5, 5.41) is 0. The first-order valence-corrected chi connectivity index (χ1v) is 6.24. The van der Waals surface area contributed by atoms with Crippen LogP contribution in [0.5, 0.6) is 0 Å². The third kappa shape index (κ3) is 1.56. The van der Waals surface area contributed by atoms with Gasteiger partial charge in [-0.05, 0) is 24.9 Å². The van der Waals surface area contributed by atoms with Gasteiger partial charge in [-0.3, -0.25) is 14.5 Å². The van der Waals surface area contributed by atoms with Crippen molar-refractivity contribution in [1.29, 1.82) is 0 Å². The quantitative estimate of drug-likeness (QED) is 0.795.